The first-order chi connectivity index (χ1) is 18.2. The van der Waals surface area contributed by atoms with Crippen LogP contribution in [0.1, 0.15) is 31.0 Å². The minimum Gasteiger partial charge on any atom is -0.341 e. The molecule has 4 aromatic rings. The number of aromatic nitrogens is 2. The Morgan fingerprint density at radius 1 is 0.865 bits per heavy atom. The Kier molecular flexibility index (Phi) is 8.08. The van der Waals surface area contributed by atoms with Crippen LogP contribution in [0, 0.1) is 5.82 Å². The van der Waals surface area contributed by atoms with Gasteiger partial charge in [0.05, 0.1) is 17.9 Å². The molecular formula is C31H32FN3O2. The molecule has 6 heteroatoms. The topological polar surface area (TPSA) is 39.5 Å². The van der Waals surface area contributed by atoms with Gasteiger partial charge in [-0.15, -0.1) is 0 Å². The molecule has 2 heterocycles. The van der Waals surface area contributed by atoms with Gasteiger partial charge >= 0.3 is 0 Å². The fraction of sp³-hybridized carbons (Fsp3) is 0.258. The van der Waals surface area contributed by atoms with Crippen LogP contribution in [0.15, 0.2) is 96.8 Å². The lowest BCUT2D eigenvalue weighted by Gasteiger charge is -2.24. The third-order valence-corrected chi connectivity index (χ3v) is 6.50. The summed E-state index contributed by atoms with van der Waals surface area (Å²) in [5.74, 6) is 1.49. The van der Waals surface area contributed by atoms with E-state index in [1.54, 1.807) is 0 Å². The number of benzene rings is 3. The van der Waals surface area contributed by atoms with E-state index in [0.717, 1.165) is 60.0 Å². The van der Waals surface area contributed by atoms with Crippen molar-refractivity contribution >= 4 is 0 Å². The summed E-state index contributed by atoms with van der Waals surface area (Å²) in [5.41, 5.74) is 5.18. The SMILES string of the molecule is CCCCn1c(-c2ccccc2)nc(-c2ccc(F)cc2)c1CN(CC1=CCOO1)Cc1ccccc1. The highest BCUT2D eigenvalue weighted by atomic mass is 19.1. The number of imidazole rings is 1. The van der Waals surface area contributed by atoms with Gasteiger partial charge in [-0.3, -0.25) is 4.90 Å². The van der Waals surface area contributed by atoms with E-state index in [9.17, 15) is 4.39 Å². The van der Waals surface area contributed by atoms with Crippen LogP contribution in [0.25, 0.3) is 22.6 Å². The Bertz CT molecular complexity index is 1320. The molecule has 0 spiro atoms. The van der Waals surface area contributed by atoms with Crippen molar-refractivity contribution in [3.63, 3.8) is 0 Å². The van der Waals surface area contributed by atoms with Crippen LogP contribution >= 0.6 is 0 Å². The Morgan fingerprint density at radius 3 is 2.27 bits per heavy atom. The maximum atomic E-state index is 13.8. The number of halogens is 1. The number of hydrogen-bond donors (Lipinski definition) is 0. The summed E-state index contributed by atoms with van der Waals surface area (Å²) in [5, 5.41) is 0. The molecular weight excluding hydrogens is 465 g/mol. The molecule has 190 valence electrons. The quantitative estimate of drug-likeness (QED) is 0.209. The average molecular weight is 498 g/mol. The van der Waals surface area contributed by atoms with E-state index in [1.165, 1.54) is 17.7 Å². The third-order valence-electron chi connectivity index (χ3n) is 6.50. The van der Waals surface area contributed by atoms with Gasteiger partial charge in [-0.2, -0.15) is 4.89 Å². The van der Waals surface area contributed by atoms with Gasteiger partial charge in [0.2, 0.25) is 0 Å². The summed E-state index contributed by atoms with van der Waals surface area (Å²) in [7, 11) is 0. The van der Waals surface area contributed by atoms with E-state index in [0.29, 0.717) is 19.7 Å². The lowest BCUT2D eigenvalue weighted by Crippen LogP contribution is -2.27. The lowest BCUT2D eigenvalue weighted by molar-refractivity contribution is -0.236. The van der Waals surface area contributed by atoms with Gasteiger partial charge in [0.25, 0.3) is 0 Å². The zero-order valence-electron chi connectivity index (χ0n) is 21.1. The molecule has 0 fully saturated rings. The molecule has 3 aromatic carbocycles. The van der Waals surface area contributed by atoms with Crippen molar-refractivity contribution in [2.75, 3.05) is 13.2 Å². The average Bonchev–Trinajstić information content (AvgIpc) is 3.57. The van der Waals surface area contributed by atoms with Crippen molar-refractivity contribution in [2.45, 2.75) is 39.4 Å². The first-order valence-electron chi connectivity index (χ1n) is 12.9. The fourth-order valence-electron chi connectivity index (χ4n) is 4.65. The van der Waals surface area contributed by atoms with Crippen LogP contribution in [0.5, 0.6) is 0 Å². The Labute approximate surface area is 217 Å². The monoisotopic (exact) mass is 497 g/mol. The number of nitrogens with zero attached hydrogens (tertiary/aromatic N) is 3. The van der Waals surface area contributed by atoms with Crippen molar-refractivity contribution < 1.29 is 14.2 Å². The second kappa shape index (κ2) is 12.0. The number of unbranched alkanes of at least 4 members (excludes halogenated alkanes) is 1. The van der Waals surface area contributed by atoms with Crippen LogP contribution in [0.2, 0.25) is 0 Å². The number of rotatable bonds is 11. The maximum Gasteiger partial charge on any atom is 0.154 e. The summed E-state index contributed by atoms with van der Waals surface area (Å²) < 4.78 is 16.2. The van der Waals surface area contributed by atoms with Gasteiger partial charge in [0.1, 0.15) is 18.2 Å². The molecule has 0 saturated carbocycles. The van der Waals surface area contributed by atoms with Crippen molar-refractivity contribution in [1.82, 2.24) is 14.5 Å². The van der Waals surface area contributed by atoms with E-state index in [4.69, 9.17) is 14.8 Å². The lowest BCUT2D eigenvalue weighted by atomic mass is 10.1. The van der Waals surface area contributed by atoms with E-state index < -0.39 is 0 Å². The third kappa shape index (κ3) is 6.16. The normalized spacial score (nSPS) is 13.1. The summed E-state index contributed by atoms with van der Waals surface area (Å²) in [6, 6.07) is 27.4. The second-order valence-electron chi connectivity index (χ2n) is 9.28. The van der Waals surface area contributed by atoms with Crippen molar-refractivity contribution in [3.05, 3.63) is 114 Å². The van der Waals surface area contributed by atoms with Gasteiger partial charge in [-0.05, 0) is 42.3 Å². The zero-order chi connectivity index (χ0) is 25.5. The minimum atomic E-state index is -0.255. The first-order valence-corrected chi connectivity index (χ1v) is 12.9. The minimum absolute atomic E-state index is 0.255. The van der Waals surface area contributed by atoms with E-state index in [2.05, 4.69) is 52.8 Å². The molecule has 1 aliphatic heterocycles. The summed E-state index contributed by atoms with van der Waals surface area (Å²) in [4.78, 5) is 18.1. The van der Waals surface area contributed by atoms with Crippen LogP contribution in [0.3, 0.4) is 0 Å². The highest BCUT2D eigenvalue weighted by Crippen LogP contribution is 2.32. The summed E-state index contributed by atoms with van der Waals surface area (Å²) in [6.45, 7) is 5.51. The molecule has 0 aliphatic carbocycles. The van der Waals surface area contributed by atoms with Crippen molar-refractivity contribution in [1.29, 1.82) is 0 Å². The fourth-order valence-corrected chi connectivity index (χ4v) is 4.65. The van der Waals surface area contributed by atoms with Gasteiger partial charge in [0, 0.05) is 30.8 Å². The van der Waals surface area contributed by atoms with Crippen LogP contribution in [0.4, 0.5) is 4.39 Å². The van der Waals surface area contributed by atoms with Gasteiger partial charge in [0.15, 0.2) is 5.76 Å². The number of hydrogen-bond acceptors (Lipinski definition) is 4. The predicted molar refractivity (Wildman–Crippen MR) is 144 cm³/mol. The second-order valence-corrected chi connectivity index (χ2v) is 9.28. The van der Waals surface area contributed by atoms with Gasteiger partial charge < -0.3 is 9.45 Å². The van der Waals surface area contributed by atoms with Gasteiger partial charge in [-0.1, -0.05) is 74.0 Å². The van der Waals surface area contributed by atoms with E-state index in [1.807, 2.05) is 42.5 Å². The molecule has 1 aromatic heterocycles. The highest BCUT2D eigenvalue weighted by molar-refractivity contribution is 5.68. The van der Waals surface area contributed by atoms with Crippen LogP contribution in [-0.4, -0.2) is 27.6 Å². The van der Waals surface area contributed by atoms with E-state index >= 15 is 0 Å². The first kappa shape index (κ1) is 24.9. The Morgan fingerprint density at radius 2 is 1.59 bits per heavy atom. The van der Waals surface area contributed by atoms with Crippen molar-refractivity contribution in [3.8, 4) is 22.6 Å². The molecule has 0 bridgehead atoms. The van der Waals surface area contributed by atoms with Crippen LogP contribution < -0.4 is 0 Å². The smallest absolute Gasteiger partial charge is 0.154 e. The van der Waals surface area contributed by atoms with Crippen molar-refractivity contribution in [2.24, 2.45) is 0 Å². The summed E-state index contributed by atoms with van der Waals surface area (Å²) >= 11 is 0. The standard InChI is InChI=1S/C31H32FN3O2/c1-2-3-19-35-29(23-34(22-28-18-20-36-37-28)21-24-10-6-4-7-11-24)30(25-14-16-27(32)17-15-25)33-31(35)26-12-8-5-9-13-26/h4-18H,2-3,19-23H2,1H3. The molecule has 0 radical (unpaired) electrons. The van der Waals surface area contributed by atoms with E-state index in [-0.39, 0.29) is 5.82 Å². The van der Waals surface area contributed by atoms with Crippen LogP contribution in [-0.2, 0) is 29.4 Å². The Hall–Kier alpha value is -3.74. The molecule has 0 saturated heterocycles. The molecule has 0 atom stereocenters. The zero-order valence-corrected chi connectivity index (χ0v) is 21.1. The molecule has 0 unspecified atom stereocenters. The summed E-state index contributed by atoms with van der Waals surface area (Å²) in [6.07, 6.45) is 4.08. The Balaban J connectivity index is 1.60. The molecule has 0 N–H and O–H groups in total. The molecule has 37 heavy (non-hydrogen) atoms. The molecule has 5 rings (SSSR count). The highest BCUT2D eigenvalue weighted by Gasteiger charge is 2.23. The largest absolute Gasteiger partial charge is 0.341 e. The predicted octanol–water partition coefficient (Wildman–Crippen LogP) is 7.00. The molecule has 1 aliphatic rings. The van der Waals surface area contributed by atoms with Gasteiger partial charge in [-0.25, -0.2) is 9.37 Å². The molecule has 0 amide bonds. The molecule has 5 nitrogen and oxygen atoms in total. The maximum absolute atomic E-state index is 13.8.